The van der Waals surface area contributed by atoms with Gasteiger partial charge in [0.15, 0.2) is 0 Å². The molecule has 1 aromatic heterocycles. The summed E-state index contributed by atoms with van der Waals surface area (Å²) in [4.78, 5) is 12.6. The summed E-state index contributed by atoms with van der Waals surface area (Å²) in [6, 6.07) is 19.0. The maximum absolute atomic E-state index is 12.6. The fourth-order valence-electron chi connectivity index (χ4n) is 3.17. The van der Waals surface area contributed by atoms with E-state index in [1.54, 1.807) is 12.1 Å². The molecular formula is C23H20ClN3O. The predicted octanol–water partition coefficient (Wildman–Crippen LogP) is 5.60. The van der Waals surface area contributed by atoms with Gasteiger partial charge in [0, 0.05) is 27.8 Å². The minimum Gasteiger partial charge on any atom is -0.321 e. The van der Waals surface area contributed by atoms with Crippen molar-refractivity contribution in [3.8, 4) is 11.8 Å². The van der Waals surface area contributed by atoms with Crippen LogP contribution < -0.4 is 5.32 Å². The van der Waals surface area contributed by atoms with E-state index < -0.39 is 5.91 Å². The standard InChI is InChI=1S/C23H20ClN3O/c1-15-6-4-8-21(10-15)26-23(28)19(14-25)12-18-11-16(2)27(17(18)3)22-9-5-7-20(24)13-22/h4-13H,1-3H3,(H,26,28). The molecule has 0 aliphatic rings. The van der Waals surface area contributed by atoms with Crippen LogP contribution in [0.3, 0.4) is 0 Å². The maximum atomic E-state index is 12.6. The molecule has 140 valence electrons. The Balaban J connectivity index is 1.94. The molecule has 0 spiro atoms. The van der Waals surface area contributed by atoms with Gasteiger partial charge in [-0.1, -0.05) is 29.8 Å². The summed E-state index contributed by atoms with van der Waals surface area (Å²) in [5.74, 6) is -0.430. The Bertz CT molecular complexity index is 1120. The summed E-state index contributed by atoms with van der Waals surface area (Å²) >= 11 is 6.12. The van der Waals surface area contributed by atoms with E-state index in [0.29, 0.717) is 10.7 Å². The van der Waals surface area contributed by atoms with Gasteiger partial charge in [-0.05, 0) is 74.4 Å². The van der Waals surface area contributed by atoms with E-state index >= 15 is 0 Å². The number of carbonyl (C=O) groups is 1. The second-order valence-corrected chi connectivity index (χ2v) is 7.07. The average molecular weight is 390 g/mol. The molecule has 0 unspecified atom stereocenters. The number of nitrogens with zero attached hydrogens (tertiary/aromatic N) is 2. The first-order valence-electron chi connectivity index (χ1n) is 8.83. The molecular weight excluding hydrogens is 370 g/mol. The Morgan fingerprint density at radius 2 is 1.86 bits per heavy atom. The number of rotatable bonds is 4. The third-order valence-electron chi connectivity index (χ3n) is 4.48. The van der Waals surface area contributed by atoms with E-state index in [-0.39, 0.29) is 5.57 Å². The van der Waals surface area contributed by atoms with Crippen LogP contribution in [0.4, 0.5) is 5.69 Å². The van der Waals surface area contributed by atoms with Crippen molar-refractivity contribution >= 4 is 29.3 Å². The number of benzene rings is 2. The summed E-state index contributed by atoms with van der Waals surface area (Å²) in [5, 5.41) is 12.9. The van der Waals surface area contributed by atoms with Crippen molar-refractivity contribution in [1.82, 2.24) is 4.57 Å². The lowest BCUT2D eigenvalue weighted by Crippen LogP contribution is -2.13. The molecule has 28 heavy (non-hydrogen) atoms. The van der Waals surface area contributed by atoms with Crippen LogP contribution in [0.25, 0.3) is 11.8 Å². The lowest BCUT2D eigenvalue weighted by Gasteiger charge is -2.10. The van der Waals surface area contributed by atoms with Crippen LogP contribution in [0, 0.1) is 32.1 Å². The number of hydrogen-bond acceptors (Lipinski definition) is 2. The number of nitrogens with one attached hydrogen (secondary N) is 1. The number of aromatic nitrogens is 1. The third kappa shape index (κ3) is 4.16. The molecule has 0 saturated carbocycles. The van der Waals surface area contributed by atoms with Crippen LogP contribution in [0.15, 0.2) is 60.2 Å². The van der Waals surface area contributed by atoms with Gasteiger partial charge in [0.1, 0.15) is 11.6 Å². The van der Waals surface area contributed by atoms with Gasteiger partial charge < -0.3 is 9.88 Å². The maximum Gasteiger partial charge on any atom is 0.266 e. The zero-order valence-corrected chi connectivity index (χ0v) is 16.7. The number of aryl methyl sites for hydroxylation is 2. The van der Waals surface area contributed by atoms with Gasteiger partial charge in [0.25, 0.3) is 5.91 Å². The van der Waals surface area contributed by atoms with Crippen LogP contribution in [-0.4, -0.2) is 10.5 Å². The second-order valence-electron chi connectivity index (χ2n) is 6.64. The summed E-state index contributed by atoms with van der Waals surface area (Å²) in [6.45, 7) is 5.87. The van der Waals surface area contributed by atoms with Crippen molar-refractivity contribution < 1.29 is 4.79 Å². The van der Waals surface area contributed by atoms with Crippen molar-refractivity contribution in [1.29, 1.82) is 5.26 Å². The van der Waals surface area contributed by atoms with Crippen LogP contribution in [-0.2, 0) is 4.79 Å². The molecule has 1 heterocycles. The third-order valence-corrected chi connectivity index (χ3v) is 4.71. The Morgan fingerprint density at radius 3 is 2.54 bits per heavy atom. The molecule has 0 aliphatic heterocycles. The highest BCUT2D eigenvalue weighted by atomic mass is 35.5. The zero-order valence-electron chi connectivity index (χ0n) is 16.0. The Hall–Kier alpha value is -3.29. The van der Waals surface area contributed by atoms with Crippen molar-refractivity contribution in [3.63, 3.8) is 0 Å². The molecule has 1 amide bonds. The normalized spacial score (nSPS) is 11.2. The van der Waals surface area contributed by atoms with Crippen molar-refractivity contribution in [2.24, 2.45) is 0 Å². The number of hydrogen-bond donors (Lipinski definition) is 1. The monoisotopic (exact) mass is 389 g/mol. The minimum absolute atomic E-state index is 0.0489. The van der Waals surface area contributed by atoms with Gasteiger partial charge in [0.05, 0.1) is 0 Å². The average Bonchev–Trinajstić information content (AvgIpc) is 2.92. The van der Waals surface area contributed by atoms with Crippen molar-refractivity contribution in [2.75, 3.05) is 5.32 Å². The van der Waals surface area contributed by atoms with E-state index in [9.17, 15) is 10.1 Å². The van der Waals surface area contributed by atoms with E-state index in [4.69, 9.17) is 11.6 Å². The highest BCUT2D eigenvalue weighted by molar-refractivity contribution is 6.30. The van der Waals surface area contributed by atoms with Gasteiger partial charge in [-0.15, -0.1) is 0 Å². The van der Waals surface area contributed by atoms with E-state index in [0.717, 1.165) is 28.2 Å². The summed E-state index contributed by atoms with van der Waals surface area (Å²) in [6.07, 6.45) is 1.62. The molecule has 0 saturated heterocycles. The fraction of sp³-hybridized carbons (Fsp3) is 0.130. The molecule has 3 aromatic rings. The van der Waals surface area contributed by atoms with Crippen molar-refractivity contribution in [2.45, 2.75) is 20.8 Å². The molecule has 0 atom stereocenters. The van der Waals surface area contributed by atoms with Gasteiger partial charge >= 0.3 is 0 Å². The van der Waals surface area contributed by atoms with Crippen molar-refractivity contribution in [3.05, 3.63) is 87.7 Å². The van der Waals surface area contributed by atoms with Gasteiger partial charge in [0.2, 0.25) is 0 Å². The Labute approximate surface area is 169 Å². The van der Waals surface area contributed by atoms with Crippen LogP contribution in [0.1, 0.15) is 22.5 Å². The summed E-state index contributed by atoms with van der Waals surface area (Å²) in [5.41, 5.74) is 5.41. The van der Waals surface area contributed by atoms with E-state index in [1.807, 2.05) is 79.9 Å². The molecule has 1 N–H and O–H groups in total. The first-order valence-corrected chi connectivity index (χ1v) is 9.21. The molecule has 2 aromatic carbocycles. The number of nitriles is 1. The lowest BCUT2D eigenvalue weighted by molar-refractivity contribution is -0.112. The Morgan fingerprint density at radius 1 is 1.11 bits per heavy atom. The van der Waals surface area contributed by atoms with Crippen LogP contribution in [0.5, 0.6) is 0 Å². The topological polar surface area (TPSA) is 57.8 Å². The largest absolute Gasteiger partial charge is 0.321 e. The molecule has 0 fully saturated rings. The van der Waals surface area contributed by atoms with Crippen LogP contribution in [0.2, 0.25) is 5.02 Å². The molecule has 0 bridgehead atoms. The first kappa shape index (κ1) is 19.5. The number of carbonyl (C=O) groups excluding carboxylic acids is 1. The quantitative estimate of drug-likeness (QED) is 0.466. The molecule has 0 radical (unpaired) electrons. The second kappa shape index (κ2) is 8.16. The SMILES string of the molecule is Cc1cccc(NC(=O)C(C#N)=Cc2cc(C)n(-c3cccc(Cl)c3)c2C)c1. The minimum atomic E-state index is -0.430. The Kier molecular flexibility index (Phi) is 5.67. The molecule has 0 aliphatic carbocycles. The highest BCUT2D eigenvalue weighted by Crippen LogP contribution is 2.24. The summed E-state index contributed by atoms with van der Waals surface area (Å²) in [7, 11) is 0. The van der Waals surface area contributed by atoms with Gasteiger partial charge in [-0.3, -0.25) is 4.79 Å². The smallest absolute Gasteiger partial charge is 0.266 e. The van der Waals surface area contributed by atoms with E-state index in [1.165, 1.54) is 0 Å². The molecule has 3 rings (SSSR count). The number of halogens is 1. The highest BCUT2D eigenvalue weighted by Gasteiger charge is 2.14. The zero-order chi connectivity index (χ0) is 20.3. The predicted molar refractivity (Wildman–Crippen MR) is 114 cm³/mol. The molecule has 4 nitrogen and oxygen atoms in total. The summed E-state index contributed by atoms with van der Waals surface area (Å²) < 4.78 is 2.05. The van der Waals surface area contributed by atoms with Gasteiger partial charge in [-0.2, -0.15) is 5.26 Å². The molecule has 5 heteroatoms. The lowest BCUT2D eigenvalue weighted by atomic mass is 10.1. The number of anilines is 1. The van der Waals surface area contributed by atoms with Gasteiger partial charge in [-0.25, -0.2) is 0 Å². The fourth-order valence-corrected chi connectivity index (χ4v) is 3.36. The van der Waals surface area contributed by atoms with Crippen LogP contribution >= 0.6 is 11.6 Å². The first-order chi connectivity index (χ1) is 13.4. The van der Waals surface area contributed by atoms with E-state index in [2.05, 4.69) is 5.32 Å². The number of amides is 1.